The highest BCUT2D eigenvalue weighted by molar-refractivity contribution is 6.35. The van der Waals surface area contributed by atoms with E-state index in [1.807, 2.05) is 16.7 Å². The van der Waals surface area contributed by atoms with Crippen molar-refractivity contribution in [2.24, 2.45) is 0 Å². The lowest BCUT2D eigenvalue weighted by Gasteiger charge is -2.04. The third kappa shape index (κ3) is 2.56. The number of rotatable bonds is 3. The molecule has 17 heavy (non-hydrogen) atoms. The van der Waals surface area contributed by atoms with Gasteiger partial charge in [0, 0.05) is 22.2 Å². The summed E-state index contributed by atoms with van der Waals surface area (Å²) in [5.74, 6) is 0.644. The molecule has 1 heterocycles. The lowest BCUT2D eigenvalue weighted by atomic mass is 10.1. The van der Waals surface area contributed by atoms with Crippen molar-refractivity contribution >= 4 is 29.0 Å². The molecule has 0 aliphatic carbocycles. The lowest BCUT2D eigenvalue weighted by molar-refractivity contribution is 0.686. The number of hydrogen-bond donors (Lipinski definition) is 1. The van der Waals surface area contributed by atoms with Gasteiger partial charge in [0.15, 0.2) is 0 Å². The van der Waals surface area contributed by atoms with Crippen LogP contribution in [0.4, 0.5) is 5.82 Å². The number of hydrogen-bond acceptors (Lipinski definition) is 2. The molecule has 0 radical (unpaired) electrons. The normalized spacial score (nSPS) is 10.8. The maximum Gasteiger partial charge on any atom is 0.131 e. The van der Waals surface area contributed by atoms with E-state index in [1.54, 1.807) is 12.4 Å². The van der Waals surface area contributed by atoms with Gasteiger partial charge in [0.05, 0.1) is 6.33 Å². The van der Waals surface area contributed by atoms with Crippen LogP contribution in [0.2, 0.25) is 10.0 Å². The Morgan fingerprint density at radius 3 is 2.47 bits per heavy atom. The number of aryl methyl sites for hydroxylation is 1. The highest BCUT2D eigenvalue weighted by atomic mass is 35.5. The van der Waals surface area contributed by atoms with Gasteiger partial charge in [-0.05, 0) is 24.6 Å². The summed E-state index contributed by atoms with van der Waals surface area (Å²) in [6.45, 7) is 2.95. The molecule has 0 spiro atoms. The second-order valence-corrected chi connectivity index (χ2v) is 4.70. The minimum Gasteiger partial charge on any atom is -0.383 e. The topological polar surface area (TPSA) is 43.8 Å². The third-order valence-corrected chi connectivity index (χ3v) is 2.92. The van der Waals surface area contributed by atoms with E-state index >= 15 is 0 Å². The molecule has 1 aromatic carbocycles. The Balaban J connectivity index is 2.45. The van der Waals surface area contributed by atoms with Gasteiger partial charge < -0.3 is 10.3 Å². The second-order valence-electron chi connectivity index (χ2n) is 3.83. The summed E-state index contributed by atoms with van der Waals surface area (Å²) in [4.78, 5) is 4.31. The Bertz CT molecular complexity index is 514. The molecular formula is C12H13Cl2N3. The Labute approximate surface area is 110 Å². The van der Waals surface area contributed by atoms with Crippen molar-refractivity contribution in [1.29, 1.82) is 0 Å². The Hall–Kier alpha value is -1.19. The van der Waals surface area contributed by atoms with Gasteiger partial charge in [-0.15, -0.1) is 0 Å². The fourth-order valence-electron chi connectivity index (χ4n) is 1.72. The highest BCUT2D eigenvalue weighted by Crippen LogP contribution is 2.29. The number of anilines is 1. The summed E-state index contributed by atoms with van der Waals surface area (Å²) in [6, 6.07) is 5.30. The molecular weight excluding hydrogens is 257 g/mol. The van der Waals surface area contributed by atoms with Crippen molar-refractivity contribution in [3.05, 3.63) is 34.6 Å². The van der Waals surface area contributed by atoms with Gasteiger partial charge in [-0.1, -0.05) is 30.1 Å². The molecule has 3 nitrogen and oxygen atoms in total. The molecule has 0 saturated heterocycles. The van der Waals surface area contributed by atoms with E-state index in [1.165, 1.54) is 0 Å². The molecule has 0 amide bonds. The molecule has 0 aliphatic heterocycles. The van der Waals surface area contributed by atoms with Crippen LogP contribution in [0.25, 0.3) is 11.3 Å². The van der Waals surface area contributed by atoms with Crippen LogP contribution < -0.4 is 5.73 Å². The van der Waals surface area contributed by atoms with Crippen molar-refractivity contribution < 1.29 is 0 Å². The molecule has 0 aliphatic rings. The summed E-state index contributed by atoms with van der Waals surface area (Å²) in [5.41, 5.74) is 7.60. The second kappa shape index (κ2) is 4.98. The molecule has 90 valence electrons. The Morgan fingerprint density at radius 2 is 1.88 bits per heavy atom. The van der Waals surface area contributed by atoms with Crippen molar-refractivity contribution in [1.82, 2.24) is 9.55 Å². The summed E-state index contributed by atoms with van der Waals surface area (Å²) in [5, 5.41) is 1.16. The maximum absolute atomic E-state index is 6.04. The maximum atomic E-state index is 6.04. The summed E-state index contributed by atoms with van der Waals surface area (Å²) in [7, 11) is 0. The van der Waals surface area contributed by atoms with E-state index in [9.17, 15) is 0 Å². The fraction of sp³-hybridized carbons (Fsp3) is 0.250. The number of benzene rings is 1. The smallest absolute Gasteiger partial charge is 0.131 e. The monoisotopic (exact) mass is 269 g/mol. The summed E-state index contributed by atoms with van der Waals surface area (Å²) in [6.07, 6.45) is 2.75. The van der Waals surface area contributed by atoms with Crippen LogP contribution in [-0.2, 0) is 6.54 Å². The predicted octanol–water partition coefficient (Wildman–Crippen LogP) is 3.85. The predicted molar refractivity (Wildman–Crippen MR) is 72.4 cm³/mol. The lowest BCUT2D eigenvalue weighted by Crippen LogP contribution is -2.01. The first-order valence-corrected chi connectivity index (χ1v) is 6.14. The zero-order chi connectivity index (χ0) is 12.4. The van der Waals surface area contributed by atoms with Crippen LogP contribution in [0, 0.1) is 0 Å². The molecule has 2 N–H and O–H groups in total. The van der Waals surface area contributed by atoms with E-state index in [0.29, 0.717) is 15.9 Å². The van der Waals surface area contributed by atoms with E-state index < -0.39 is 0 Å². The first-order valence-electron chi connectivity index (χ1n) is 5.39. The van der Waals surface area contributed by atoms with E-state index in [4.69, 9.17) is 28.9 Å². The van der Waals surface area contributed by atoms with Gasteiger partial charge in [0.1, 0.15) is 11.5 Å². The van der Waals surface area contributed by atoms with Crippen molar-refractivity contribution in [3.8, 4) is 11.3 Å². The zero-order valence-electron chi connectivity index (χ0n) is 9.45. The van der Waals surface area contributed by atoms with Gasteiger partial charge in [-0.25, -0.2) is 4.98 Å². The van der Waals surface area contributed by atoms with Gasteiger partial charge in [0.25, 0.3) is 0 Å². The molecule has 2 rings (SSSR count). The first-order chi connectivity index (χ1) is 8.11. The molecule has 5 heteroatoms. The molecule has 0 atom stereocenters. The molecule has 0 unspecified atom stereocenters. The van der Waals surface area contributed by atoms with Crippen molar-refractivity contribution in [2.45, 2.75) is 19.9 Å². The van der Waals surface area contributed by atoms with Crippen molar-refractivity contribution in [2.75, 3.05) is 5.73 Å². The Kier molecular flexibility index (Phi) is 3.60. The van der Waals surface area contributed by atoms with Crippen LogP contribution in [0.1, 0.15) is 13.3 Å². The quantitative estimate of drug-likeness (QED) is 0.920. The molecule has 0 fully saturated rings. The first kappa shape index (κ1) is 12.3. The van der Waals surface area contributed by atoms with E-state index in [-0.39, 0.29) is 0 Å². The molecule has 0 bridgehead atoms. The summed E-state index contributed by atoms with van der Waals surface area (Å²) < 4.78 is 1.92. The largest absolute Gasteiger partial charge is 0.383 e. The fourth-order valence-corrected chi connectivity index (χ4v) is 2.25. The minimum absolute atomic E-state index is 0.581. The number of halogens is 2. The van der Waals surface area contributed by atoms with Crippen LogP contribution in [-0.4, -0.2) is 9.55 Å². The number of aromatic nitrogens is 2. The van der Waals surface area contributed by atoms with Gasteiger partial charge in [0.2, 0.25) is 0 Å². The molecule has 2 aromatic rings. The van der Waals surface area contributed by atoms with E-state index in [0.717, 1.165) is 24.2 Å². The number of nitrogen functional groups attached to an aromatic ring is 1. The number of imidazole rings is 1. The van der Waals surface area contributed by atoms with Crippen molar-refractivity contribution in [3.63, 3.8) is 0 Å². The molecule has 1 aromatic heterocycles. The van der Waals surface area contributed by atoms with E-state index in [2.05, 4.69) is 11.9 Å². The average Bonchev–Trinajstić information content (AvgIpc) is 2.60. The average molecular weight is 270 g/mol. The van der Waals surface area contributed by atoms with Crippen LogP contribution in [0.5, 0.6) is 0 Å². The van der Waals surface area contributed by atoms with Crippen LogP contribution >= 0.6 is 23.2 Å². The molecule has 0 saturated carbocycles. The summed E-state index contributed by atoms with van der Waals surface area (Å²) >= 11 is 11.9. The SMILES string of the molecule is CCCn1cnc(-c2cc(Cl)cc(Cl)c2)c1N. The standard InChI is InChI=1S/C12H13Cl2N3/c1-2-3-17-7-16-11(12(17)15)8-4-9(13)6-10(14)5-8/h4-7H,2-3,15H2,1H3. The highest BCUT2D eigenvalue weighted by Gasteiger charge is 2.10. The van der Waals surface area contributed by atoms with Gasteiger partial charge in [-0.3, -0.25) is 0 Å². The van der Waals surface area contributed by atoms with Gasteiger partial charge >= 0.3 is 0 Å². The minimum atomic E-state index is 0.581. The van der Waals surface area contributed by atoms with Crippen LogP contribution in [0.15, 0.2) is 24.5 Å². The zero-order valence-corrected chi connectivity index (χ0v) is 11.0. The van der Waals surface area contributed by atoms with Crippen LogP contribution in [0.3, 0.4) is 0 Å². The number of nitrogens with two attached hydrogens (primary N) is 1. The van der Waals surface area contributed by atoms with Gasteiger partial charge in [-0.2, -0.15) is 0 Å². The third-order valence-electron chi connectivity index (χ3n) is 2.48. The number of nitrogens with zero attached hydrogens (tertiary/aromatic N) is 2. The Morgan fingerprint density at radius 1 is 1.24 bits per heavy atom.